The Hall–Kier alpha value is -2.70. The molecule has 1 aliphatic carbocycles. The minimum atomic E-state index is -0.343. The van der Waals surface area contributed by atoms with Gasteiger partial charge >= 0.3 is 0 Å². The highest BCUT2D eigenvalue weighted by Crippen LogP contribution is 2.34. The highest BCUT2D eigenvalue weighted by atomic mass is 19.1. The summed E-state index contributed by atoms with van der Waals surface area (Å²) in [5, 5.41) is 15.0. The summed E-state index contributed by atoms with van der Waals surface area (Å²) in [5.41, 5.74) is 2.31. The molecule has 0 bridgehead atoms. The zero-order valence-corrected chi connectivity index (χ0v) is 14.2. The highest BCUT2D eigenvalue weighted by molar-refractivity contribution is 5.61. The van der Waals surface area contributed by atoms with Gasteiger partial charge in [-0.15, -0.1) is 5.10 Å². The summed E-state index contributed by atoms with van der Waals surface area (Å²) in [7, 11) is 0. The minimum absolute atomic E-state index is 0.0592. The number of fused-ring (bicyclic) bond motifs is 1. The van der Waals surface area contributed by atoms with Crippen LogP contribution in [0.1, 0.15) is 50.1 Å². The largest absolute Gasteiger partial charge is 0.469 e. The first kappa shape index (κ1) is 15.8. The van der Waals surface area contributed by atoms with Crippen LogP contribution in [0.3, 0.4) is 0 Å². The molecule has 2 aromatic heterocycles. The lowest BCUT2D eigenvalue weighted by Gasteiger charge is -2.24. The van der Waals surface area contributed by atoms with Crippen molar-refractivity contribution in [2.24, 2.45) is 0 Å². The summed E-state index contributed by atoms with van der Waals surface area (Å²) in [4.78, 5) is 0. The van der Waals surface area contributed by atoms with Gasteiger partial charge in [0.2, 0.25) is 0 Å². The third kappa shape index (κ3) is 2.90. The van der Waals surface area contributed by atoms with Crippen molar-refractivity contribution in [2.75, 3.05) is 5.32 Å². The Morgan fingerprint density at radius 2 is 2.20 bits per heavy atom. The van der Waals surface area contributed by atoms with E-state index in [2.05, 4.69) is 20.8 Å². The normalized spacial score (nSPS) is 16.9. The van der Waals surface area contributed by atoms with E-state index in [-0.39, 0.29) is 17.9 Å². The van der Waals surface area contributed by atoms with Crippen molar-refractivity contribution in [1.82, 2.24) is 20.2 Å². The second-order valence-corrected chi connectivity index (χ2v) is 6.62. The molecule has 1 aromatic carbocycles. The number of anilines is 1. The number of aryl methyl sites for hydroxylation is 1. The number of benzene rings is 1. The lowest BCUT2D eigenvalue weighted by Crippen LogP contribution is -2.16. The third-order valence-electron chi connectivity index (χ3n) is 4.58. The van der Waals surface area contributed by atoms with Crippen LogP contribution in [0.2, 0.25) is 0 Å². The molecule has 25 heavy (non-hydrogen) atoms. The van der Waals surface area contributed by atoms with E-state index in [1.54, 1.807) is 17.0 Å². The molecule has 7 heteroatoms. The molecule has 0 saturated heterocycles. The van der Waals surface area contributed by atoms with Gasteiger partial charge in [-0.3, -0.25) is 0 Å². The molecule has 3 aromatic rings. The average molecular weight is 341 g/mol. The summed E-state index contributed by atoms with van der Waals surface area (Å²) >= 11 is 0. The molecule has 6 nitrogen and oxygen atoms in total. The monoisotopic (exact) mass is 341 g/mol. The highest BCUT2D eigenvalue weighted by Gasteiger charge is 2.23. The topological polar surface area (TPSA) is 68.8 Å². The van der Waals surface area contributed by atoms with Crippen LogP contribution in [0.5, 0.6) is 0 Å². The maximum atomic E-state index is 14.7. The molecule has 1 N–H and O–H groups in total. The number of aromatic nitrogens is 4. The van der Waals surface area contributed by atoms with Crippen LogP contribution < -0.4 is 5.32 Å². The van der Waals surface area contributed by atoms with Crippen LogP contribution in [0, 0.1) is 5.82 Å². The average Bonchev–Trinajstić information content (AvgIpc) is 3.24. The van der Waals surface area contributed by atoms with Crippen LogP contribution in [0.4, 0.5) is 10.1 Å². The van der Waals surface area contributed by atoms with Crippen molar-refractivity contribution in [2.45, 2.75) is 45.2 Å². The fraction of sp³-hybridized carbons (Fsp3) is 0.389. The van der Waals surface area contributed by atoms with Crippen LogP contribution in [0.15, 0.2) is 34.9 Å². The zero-order valence-electron chi connectivity index (χ0n) is 14.2. The Morgan fingerprint density at radius 1 is 1.32 bits per heavy atom. The molecule has 130 valence electrons. The van der Waals surface area contributed by atoms with Crippen molar-refractivity contribution in [3.63, 3.8) is 0 Å². The second kappa shape index (κ2) is 6.31. The summed E-state index contributed by atoms with van der Waals surface area (Å²) in [6.07, 6.45) is 4.75. The molecule has 0 radical (unpaired) electrons. The van der Waals surface area contributed by atoms with Gasteiger partial charge in [0.05, 0.1) is 23.9 Å². The third-order valence-corrected chi connectivity index (χ3v) is 4.58. The molecule has 0 spiro atoms. The van der Waals surface area contributed by atoms with Gasteiger partial charge in [0, 0.05) is 17.7 Å². The first-order chi connectivity index (χ1) is 12.1. The quantitative estimate of drug-likeness (QED) is 0.772. The maximum absolute atomic E-state index is 14.7. The van der Waals surface area contributed by atoms with Crippen LogP contribution in [0.25, 0.3) is 11.4 Å². The number of tetrazole rings is 1. The molecular formula is C18H20FN5O. The van der Waals surface area contributed by atoms with Crippen molar-refractivity contribution >= 4 is 5.69 Å². The molecule has 0 saturated carbocycles. The van der Waals surface area contributed by atoms with E-state index in [1.165, 1.54) is 11.6 Å². The Morgan fingerprint density at radius 3 is 3.00 bits per heavy atom. The van der Waals surface area contributed by atoms with Crippen molar-refractivity contribution in [1.29, 1.82) is 0 Å². The molecular weight excluding hydrogens is 321 g/mol. The van der Waals surface area contributed by atoms with Gasteiger partial charge in [0.25, 0.3) is 0 Å². The number of rotatable bonds is 4. The second-order valence-electron chi connectivity index (χ2n) is 6.62. The van der Waals surface area contributed by atoms with E-state index in [9.17, 15) is 4.39 Å². The lowest BCUT2D eigenvalue weighted by molar-refractivity contribution is 0.461. The fourth-order valence-electron chi connectivity index (χ4n) is 3.34. The summed E-state index contributed by atoms with van der Waals surface area (Å²) < 4.78 is 21.8. The van der Waals surface area contributed by atoms with Gasteiger partial charge < -0.3 is 9.73 Å². The van der Waals surface area contributed by atoms with Crippen molar-refractivity contribution in [3.05, 3.63) is 47.7 Å². The smallest absolute Gasteiger partial charge is 0.185 e. The number of halogens is 1. The molecule has 1 atom stereocenters. The van der Waals surface area contributed by atoms with E-state index < -0.39 is 0 Å². The standard InChI is InChI=1S/C18H20FN5O/c1-11(2)24-18(21-22-23-24)13-7-6-12(10-15(13)19)20-16-4-3-5-17-14(16)8-9-25-17/h6-11,16,20H,3-5H2,1-2H3. The van der Waals surface area contributed by atoms with E-state index in [4.69, 9.17) is 4.42 Å². The van der Waals surface area contributed by atoms with Crippen LogP contribution in [-0.4, -0.2) is 20.2 Å². The Balaban J connectivity index is 1.60. The molecule has 4 rings (SSSR count). The molecule has 0 fully saturated rings. The number of nitrogens with zero attached hydrogens (tertiary/aromatic N) is 4. The first-order valence-corrected chi connectivity index (χ1v) is 8.54. The van der Waals surface area contributed by atoms with Crippen molar-refractivity contribution < 1.29 is 8.81 Å². The summed E-state index contributed by atoms with van der Waals surface area (Å²) in [6.45, 7) is 3.92. The SMILES string of the molecule is CC(C)n1nnnc1-c1ccc(NC2CCCc3occc32)cc1F. The van der Waals surface area contributed by atoms with Gasteiger partial charge in [-0.1, -0.05) is 0 Å². The Labute approximate surface area is 145 Å². The summed E-state index contributed by atoms with van der Waals surface area (Å²) in [5.74, 6) is 1.12. The van der Waals surface area contributed by atoms with E-state index in [0.29, 0.717) is 11.4 Å². The summed E-state index contributed by atoms with van der Waals surface area (Å²) in [6, 6.07) is 7.29. The number of furan rings is 1. The number of nitrogens with one attached hydrogen (secondary N) is 1. The molecule has 0 amide bonds. The van der Waals surface area contributed by atoms with Gasteiger partial charge in [0.15, 0.2) is 5.82 Å². The predicted octanol–water partition coefficient (Wildman–Crippen LogP) is 4.14. The Bertz CT molecular complexity index is 885. The van der Waals surface area contributed by atoms with Crippen molar-refractivity contribution in [3.8, 4) is 11.4 Å². The van der Waals surface area contributed by atoms with Crippen LogP contribution >= 0.6 is 0 Å². The number of hydrogen-bond donors (Lipinski definition) is 1. The van der Waals surface area contributed by atoms with Gasteiger partial charge in [-0.05, 0) is 61.4 Å². The fourth-order valence-corrected chi connectivity index (χ4v) is 3.34. The maximum Gasteiger partial charge on any atom is 0.185 e. The number of hydrogen-bond acceptors (Lipinski definition) is 5. The van der Waals surface area contributed by atoms with Gasteiger partial charge in [0.1, 0.15) is 11.6 Å². The van der Waals surface area contributed by atoms with E-state index >= 15 is 0 Å². The van der Waals surface area contributed by atoms with E-state index in [0.717, 1.165) is 30.7 Å². The molecule has 1 aliphatic rings. The van der Waals surface area contributed by atoms with Gasteiger partial charge in [-0.2, -0.15) is 0 Å². The predicted molar refractivity (Wildman–Crippen MR) is 91.6 cm³/mol. The molecule has 2 heterocycles. The molecule has 1 unspecified atom stereocenters. The Kier molecular flexibility index (Phi) is 3.99. The van der Waals surface area contributed by atoms with E-state index in [1.807, 2.05) is 26.0 Å². The van der Waals surface area contributed by atoms with Gasteiger partial charge in [-0.25, -0.2) is 9.07 Å². The first-order valence-electron chi connectivity index (χ1n) is 8.54. The zero-order chi connectivity index (χ0) is 17.4. The molecule has 0 aliphatic heterocycles. The van der Waals surface area contributed by atoms with Crippen LogP contribution in [-0.2, 0) is 6.42 Å². The minimum Gasteiger partial charge on any atom is -0.469 e. The lowest BCUT2D eigenvalue weighted by atomic mass is 9.93.